The maximum absolute atomic E-state index is 12.4. The molecule has 1 heterocycles. The molecule has 2 rings (SSSR count). The number of aromatic nitrogens is 1. The summed E-state index contributed by atoms with van der Waals surface area (Å²) >= 11 is 0. The third-order valence-electron chi connectivity index (χ3n) is 3.67. The molecule has 0 saturated heterocycles. The molecule has 1 aromatic heterocycles. The predicted octanol–water partition coefficient (Wildman–Crippen LogP) is 2.12. The molecule has 2 N–H and O–H groups in total. The fourth-order valence-corrected chi connectivity index (χ4v) is 2.25. The first-order chi connectivity index (χ1) is 10.2. The highest BCUT2D eigenvalue weighted by Gasteiger charge is 2.26. The van der Waals surface area contributed by atoms with Gasteiger partial charge in [0.15, 0.2) is 0 Å². The van der Waals surface area contributed by atoms with E-state index in [1.54, 1.807) is 18.5 Å². The van der Waals surface area contributed by atoms with Gasteiger partial charge in [0.2, 0.25) is 0 Å². The summed E-state index contributed by atoms with van der Waals surface area (Å²) in [5.41, 5.74) is 1.18. The SMILES string of the molecule is CCC(CC1CC1)NC(=O)c1ccncc1C#CCCO. The van der Waals surface area contributed by atoms with Gasteiger partial charge in [-0.05, 0) is 24.8 Å². The van der Waals surface area contributed by atoms with E-state index in [1.165, 1.54) is 12.8 Å². The zero-order chi connectivity index (χ0) is 15.1. The highest BCUT2D eigenvalue weighted by Crippen LogP contribution is 2.34. The van der Waals surface area contributed by atoms with Crippen LogP contribution in [0.15, 0.2) is 18.5 Å². The number of hydrogen-bond acceptors (Lipinski definition) is 3. The van der Waals surface area contributed by atoms with Crippen LogP contribution in [0.1, 0.15) is 54.9 Å². The van der Waals surface area contributed by atoms with Gasteiger partial charge in [-0.25, -0.2) is 0 Å². The fourth-order valence-electron chi connectivity index (χ4n) is 2.25. The molecule has 0 aromatic carbocycles. The van der Waals surface area contributed by atoms with Crippen LogP contribution in [0.5, 0.6) is 0 Å². The quantitative estimate of drug-likeness (QED) is 0.787. The molecule has 112 valence electrons. The predicted molar refractivity (Wildman–Crippen MR) is 81.7 cm³/mol. The van der Waals surface area contributed by atoms with E-state index in [0.717, 1.165) is 18.8 Å². The van der Waals surface area contributed by atoms with Crippen LogP contribution in [-0.2, 0) is 0 Å². The largest absolute Gasteiger partial charge is 0.395 e. The zero-order valence-corrected chi connectivity index (χ0v) is 12.4. The number of carbonyl (C=O) groups is 1. The molecule has 0 aliphatic heterocycles. The Morgan fingerprint density at radius 2 is 2.38 bits per heavy atom. The lowest BCUT2D eigenvalue weighted by molar-refractivity contribution is 0.0932. The Morgan fingerprint density at radius 3 is 3.05 bits per heavy atom. The number of nitrogens with zero attached hydrogens (tertiary/aromatic N) is 1. The number of hydrogen-bond donors (Lipinski definition) is 2. The Kier molecular flexibility index (Phi) is 5.77. The van der Waals surface area contributed by atoms with E-state index in [2.05, 4.69) is 29.1 Å². The Morgan fingerprint density at radius 1 is 1.57 bits per heavy atom. The van der Waals surface area contributed by atoms with E-state index < -0.39 is 0 Å². The van der Waals surface area contributed by atoms with Crippen molar-refractivity contribution in [2.45, 2.75) is 45.1 Å². The molecule has 1 saturated carbocycles. The molecule has 1 aliphatic rings. The van der Waals surface area contributed by atoms with Gasteiger partial charge >= 0.3 is 0 Å². The lowest BCUT2D eigenvalue weighted by Crippen LogP contribution is -2.35. The molecule has 1 amide bonds. The number of amides is 1. The summed E-state index contributed by atoms with van der Waals surface area (Å²) in [6.07, 6.45) is 8.20. The second kappa shape index (κ2) is 7.80. The molecule has 0 bridgehead atoms. The third kappa shape index (κ3) is 4.87. The normalized spacial score (nSPS) is 15.0. The van der Waals surface area contributed by atoms with Gasteiger partial charge in [0, 0.05) is 24.9 Å². The number of rotatable bonds is 6. The smallest absolute Gasteiger partial charge is 0.252 e. The molecule has 21 heavy (non-hydrogen) atoms. The molecule has 4 heteroatoms. The van der Waals surface area contributed by atoms with Crippen molar-refractivity contribution in [3.8, 4) is 11.8 Å². The van der Waals surface area contributed by atoms with Crippen molar-refractivity contribution in [2.75, 3.05) is 6.61 Å². The van der Waals surface area contributed by atoms with Gasteiger partial charge in [0.25, 0.3) is 5.91 Å². The van der Waals surface area contributed by atoms with E-state index in [-0.39, 0.29) is 18.6 Å². The minimum Gasteiger partial charge on any atom is -0.395 e. The van der Waals surface area contributed by atoms with Crippen molar-refractivity contribution >= 4 is 5.91 Å². The van der Waals surface area contributed by atoms with Gasteiger partial charge < -0.3 is 10.4 Å². The summed E-state index contributed by atoms with van der Waals surface area (Å²) < 4.78 is 0. The lowest BCUT2D eigenvalue weighted by atomic mass is 10.1. The van der Waals surface area contributed by atoms with E-state index in [0.29, 0.717) is 17.5 Å². The standard InChI is InChI=1S/C17H22N2O2/c1-2-15(11-13-6-7-13)19-17(21)16-8-9-18-12-14(16)5-3-4-10-20/h8-9,12-13,15,20H,2,4,6-7,10-11H2,1H3,(H,19,21). The number of aliphatic hydroxyl groups excluding tert-OH is 1. The van der Waals surface area contributed by atoms with Crippen LogP contribution in [-0.4, -0.2) is 28.6 Å². The van der Waals surface area contributed by atoms with Crippen molar-refractivity contribution in [1.82, 2.24) is 10.3 Å². The molecule has 1 unspecified atom stereocenters. The average Bonchev–Trinajstić information content (AvgIpc) is 3.31. The van der Waals surface area contributed by atoms with Crippen molar-refractivity contribution in [3.05, 3.63) is 29.6 Å². The molecule has 1 fully saturated rings. The molecule has 1 atom stereocenters. The zero-order valence-electron chi connectivity index (χ0n) is 12.4. The molecule has 0 radical (unpaired) electrons. The van der Waals surface area contributed by atoms with Gasteiger partial charge in [-0.15, -0.1) is 0 Å². The van der Waals surface area contributed by atoms with Crippen LogP contribution in [0.2, 0.25) is 0 Å². The Balaban J connectivity index is 2.05. The van der Waals surface area contributed by atoms with Crippen LogP contribution in [0.3, 0.4) is 0 Å². The van der Waals surface area contributed by atoms with E-state index in [9.17, 15) is 4.79 Å². The fraction of sp³-hybridized carbons (Fsp3) is 0.529. The van der Waals surface area contributed by atoms with E-state index in [1.807, 2.05) is 0 Å². The Labute approximate surface area is 126 Å². The summed E-state index contributed by atoms with van der Waals surface area (Å²) in [6, 6.07) is 1.93. The van der Waals surface area contributed by atoms with E-state index >= 15 is 0 Å². The number of nitrogens with one attached hydrogen (secondary N) is 1. The van der Waals surface area contributed by atoms with Crippen molar-refractivity contribution in [3.63, 3.8) is 0 Å². The van der Waals surface area contributed by atoms with Crippen LogP contribution in [0.4, 0.5) is 0 Å². The first-order valence-electron chi connectivity index (χ1n) is 7.59. The number of aliphatic hydroxyl groups is 1. The Bertz CT molecular complexity index is 541. The van der Waals surface area contributed by atoms with Gasteiger partial charge in [0.1, 0.15) is 0 Å². The second-order valence-corrected chi connectivity index (χ2v) is 5.45. The first-order valence-corrected chi connectivity index (χ1v) is 7.59. The molecular formula is C17H22N2O2. The van der Waals surface area contributed by atoms with Crippen molar-refractivity contribution in [2.24, 2.45) is 5.92 Å². The minimum absolute atomic E-state index is 0.0219. The summed E-state index contributed by atoms with van der Waals surface area (Å²) in [5.74, 6) is 6.45. The Hall–Kier alpha value is -1.86. The molecule has 4 nitrogen and oxygen atoms in total. The van der Waals surface area contributed by atoms with Crippen LogP contribution < -0.4 is 5.32 Å². The van der Waals surface area contributed by atoms with Gasteiger partial charge in [-0.2, -0.15) is 0 Å². The summed E-state index contributed by atoms with van der Waals surface area (Å²) in [5, 5.41) is 11.9. The number of pyridine rings is 1. The van der Waals surface area contributed by atoms with Gasteiger partial charge in [-0.3, -0.25) is 9.78 Å². The molecule has 1 aromatic rings. The van der Waals surface area contributed by atoms with Gasteiger partial charge in [0.05, 0.1) is 17.7 Å². The molecular weight excluding hydrogens is 264 g/mol. The maximum atomic E-state index is 12.4. The average molecular weight is 286 g/mol. The summed E-state index contributed by atoms with van der Waals surface area (Å²) in [7, 11) is 0. The minimum atomic E-state index is -0.0850. The monoisotopic (exact) mass is 286 g/mol. The van der Waals surface area contributed by atoms with Crippen LogP contribution >= 0.6 is 0 Å². The third-order valence-corrected chi connectivity index (χ3v) is 3.67. The van der Waals surface area contributed by atoms with Crippen LogP contribution in [0.25, 0.3) is 0 Å². The molecule has 1 aliphatic carbocycles. The van der Waals surface area contributed by atoms with E-state index in [4.69, 9.17) is 5.11 Å². The second-order valence-electron chi connectivity index (χ2n) is 5.45. The summed E-state index contributed by atoms with van der Waals surface area (Å²) in [6.45, 7) is 2.12. The maximum Gasteiger partial charge on any atom is 0.252 e. The highest BCUT2D eigenvalue weighted by molar-refractivity contribution is 5.96. The van der Waals surface area contributed by atoms with Crippen molar-refractivity contribution < 1.29 is 9.90 Å². The highest BCUT2D eigenvalue weighted by atomic mass is 16.2. The summed E-state index contributed by atoms with van der Waals surface area (Å²) in [4.78, 5) is 16.4. The molecule has 0 spiro atoms. The van der Waals surface area contributed by atoms with Crippen molar-refractivity contribution in [1.29, 1.82) is 0 Å². The first kappa shape index (κ1) is 15.5. The number of carbonyl (C=O) groups excluding carboxylic acids is 1. The van der Waals surface area contributed by atoms with Crippen LogP contribution in [0, 0.1) is 17.8 Å². The lowest BCUT2D eigenvalue weighted by Gasteiger charge is -2.17. The topological polar surface area (TPSA) is 62.2 Å². The van der Waals surface area contributed by atoms with Gasteiger partial charge in [-0.1, -0.05) is 31.6 Å².